The van der Waals surface area contributed by atoms with Gasteiger partial charge >= 0.3 is 0 Å². The van der Waals surface area contributed by atoms with Crippen LogP contribution >= 0.6 is 11.6 Å². The molecule has 1 aromatic rings. The normalized spacial score (nSPS) is 12.3. The maximum absolute atomic E-state index is 9.80. The molecule has 0 fully saturated rings. The van der Waals surface area contributed by atoms with E-state index in [0.717, 1.165) is 0 Å². The van der Waals surface area contributed by atoms with Crippen molar-refractivity contribution in [2.24, 2.45) is 0 Å². The van der Waals surface area contributed by atoms with Gasteiger partial charge in [0.1, 0.15) is 10.8 Å². The third-order valence-electron chi connectivity index (χ3n) is 2.18. The van der Waals surface area contributed by atoms with E-state index in [-0.39, 0.29) is 16.5 Å². The second-order valence-corrected chi connectivity index (χ2v) is 3.86. The van der Waals surface area contributed by atoms with Crippen LogP contribution in [0.3, 0.4) is 0 Å². The summed E-state index contributed by atoms with van der Waals surface area (Å²) < 4.78 is 10.1. The van der Waals surface area contributed by atoms with Crippen LogP contribution in [0.15, 0.2) is 6.07 Å². The molecule has 0 spiro atoms. The zero-order valence-corrected chi connectivity index (χ0v) is 10.2. The van der Waals surface area contributed by atoms with E-state index < -0.39 is 6.10 Å². The Balaban J connectivity index is 3.27. The molecular formula is C11H15ClO4. The number of benzene rings is 1. The van der Waals surface area contributed by atoms with Gasteiger partial charge < -0.3 is 19.7 Å². The molecule has 0 saturated heterocycles. The van der Waals surface area contributed by atoms with Crippen molar-refractivity contribution in [3.63, 3.8) is 0 Å². The smallest absolute Gasteiger partial charge is 0.183 e. The molecule has 1 aromatic carbocycles. The van der Waals surface area contributed by atoms with Gasteiger partial charge in [-0.15, -0.1) is 0 Å². The molecule has 90 valence electrons. The number of hydrogen-bond donors (Lipinski definition) is 2. The maximum Gasteiger partial charge on any atom is 0.183 e. The first-order chi connectivity index (χ1) is 7.51. The van der Waals surface area contributed by atoms with Crippen LogP contribution in [0, 0.1) is 0 Å². The predicted octanol–water partition coefficient (Wildman–Crippen LogP) is 1.99. The van der Waals surface area contributed by atoms with Gasteiger partial charge in [0, 0.05) is 12.0 Å². The molecule has 0 aliphatic carbocycles. The van der Waals surface area contributed by atoms with Gasteiger partial charge in [-0.25, -0.2) is 0 Å². The van der Waals surface area contributed by atoms with Crippen LogP contribution in [0.1, 0.15) is 12.5 Å². The van der Waals surface area contributed by atoms with Gasteiger partial charge in [0.15, 0.2) is 11.5 Å². The highest BCUT2D eigenvalue weighted by molar-refractivity contribution is 6.33. The first kappa shape index (κ1) is 12.9. The van der Waals surface area contributed by atoms with Gasteiger partial charge in [0.2, 0.25) is 0 Å². The first-order valence-corrected chi connectivity index (χ1v) is 5.19. The fourth-order valence-electron chi connectivity index (χ4n) is 1.46. The Morgan fingerprint density at radius 3 is 2.44 bits per heavy atom. The Hall–Kier alpha value is -1.13. The Morgan fingerprint density at radius 1 is 1.38 bits per heavy atom. The number of aliphatic hydroxyl groups is 1. The molecule has 0 aromatic heterocycles. The fourth-order valence-corrected chi connectivity index (χ4v) is 1.76. The van der Waals surface area contributed by atoms with Crippen LogP contribution in [0.25, 0.3) is 0 Å². The van der Waals surface area contributed by atoms with E-state index in [1.807, 2.05) is 0 Å². The van der Waals surface area contributed by atoms with Crippen molar-refractivity contribution in [3.8, 4) is 17.2 Å². The van der Waals surface area contributed by atoms with Crippen molar-refractivity contribution in [2.75, 3.05) is 14.2 Å². The number of rotatable bonds is 4. The molecule has 1 atom stereocenters. The average Bonchev–Trinajstić information content (AvgIpc) is 2.24. The van der Waals surface area contributed by atoms with Crippen molar-refractivity contribution < 1.29 is 19.7 Å². The average molecular weight is 247 g/mol. The summed E-state index contributed by atoms with van der Waals surface area (Å²) in [4.78, 5) is 0. The molecule has 16 heavy (non-hydrogen) atoms. The van der Waals surface area contributed by atoms with E-state index in [9.17, 15) is 10.2 Å². The van der Waals surface area contributed by atoms with E-state index in [1.54, 1.807) is 13.0 Å². The summed E-state index contributed by atoms with van der Waals surface area (Å²) in [6, 6.07) is 1.60. The molecule has 2 N–H and O–H groups in total. The Morgan fingerprint density at radius 2 is 2.00 bits per heavy atom. The summed E-state index contributed by atoms with van der Waals surface area (Å²) in [5, 5.41) is 19.2. The molecule has 4 nitrogen and oxygen atoms in total. The lowest BCUT2D eigenvalue weighted by Gasteiger charge is -2.14. The van der Waals surface area contributed by atoms with Crippen LogP contribution in [-0.2, 0) is 6.42 Å². The summed E-state index contributed by atoms with van der Waals surface area (Å²) in [5.74, 6) is 0.636. The van der Waals surface area contributed by atoms with Gasteiger partial charge in [-0.2, -0.15) is 0 Å². The van der Waals surface area contributed by atoms with Gasteiger partial charge in [0.05, 0.1) is 20.3 Å². The number of phenolic OH excluding ortho intramolecular Hbond substituents is 1. The second-order valence-electron chi connectivity index (χ2n) is 3.49. The summed E-state index contributed by atoms with van der Waals surface area (Å²) in [7, 11) is 2.93. The van der Waals surface area contributed by atoms with E-state index in [0.29, 0.717) is 17.7 Å². The number of methoxy groups -OCH3 is 2. The summed E-state index contributed by atoms with van der Waals surface area (Å²) in [6.07, 6.45) is -0.272. The molecule has 0 bridgehead atoms. The third kappa shape index (κ3) is 2.51. The number of ether oxygens (including phenoxy) is 2. The number of aromatic hydroxyl groups is 1. The van der Waals surface area contributed by atoms with Crippen molar-refractivity contribution in [2.45, 2.75) is 19.4 Å². The largest absolute Gasteiger partial charge is 0.506 e. The van der Waals surface area contributed by atoms with E-state index in [4.69, 9.17) is 21.1 Å². The third-order valence-corrected chi connectivity index (χ3v) is 2.53. The Kier molecular flexibility index (Phi) is 4.26. The molecule has 0 amide bonds. The minimum atomic E-state index is -0.569. The van der Waals surface area contributed by atoms with Gasteiger partial charge in [-0.1, -0.05) is 11.6 Å². The van der Waals surface area contributed by atoms with Crippen LogP contribution < -0.4 is 9.47 Å². The lowest BCUT2D eigenvalue weighted by Crippen LogP contribution is -2.05. The Bertz CT molecular complexity index is 377. The number of phenols is 1. The van der Waals surface area contributed by atoms with E-state index >= 15 is 0 Å². The zero-order chi connectivity index (χ0) is 12.3. The van der Waals surface area contributed by atoms with Crippen LogP contribution in [0.5, 0.6) is 17.2 Å². The second kappa shape index (κ2) is 5.27. The summed E-state index contributed by atoms with van der Waals surface area (Å²) in [6.45, 7) is 1.63. The lowest BCUT2D eigenvalue weighted by molar-refractivity contribution is 0.194. The SMILES string of the molecule is COc1cc(CC(C)O)c(O)c(Cl)c1OC. The molecule has 0 aliphatic rings. The van der Waals surface area contributed by atoms with Crippen molar-refractivity contribution in [1.82, 2.24) is 0 Å². The first-order valence-electron chi connectivity index (χ1n) is 4.81. The van der Waals surface area contributed by atoms with Gasteiger partial charge in [0.25, 0.3) is 0 Å². The fraction of sp³-hybridized carbons (Fsp3) is 0.455. The summed E-state index contributed by atoms with van der Waals surface area (Å²) >= 11 is 5.93. The molecule has 5 heteroatoms. The van der Waals surface area contributed by atoms with Crippen LogP contribution in [0.4, 0.5) is 0 Å². The van der Waals surface area contributed by atoms with Crippen LogP contribution in [0.2, 0.25) is 5.02 Å². The number of aliphatic hydroxyl groups excluding tert-OH is 1. The quantitative estimate of drug-likeness (QED) is 0.853. The molecule has 1 unspecified atom stereocenters. The predicted molar refractivity (Wildman–Crippen MR) is 61.6 cm³/mol. The topological polar surface area (TPSA) is 58.9 Å². The number of halogens is 1. The standard InChI is InChI=1S/C11H15ClO4/c1-6(13)4-7-5-8(15-2)11(16-3)9(12)10(7)14/h5-6,13-14H,4H2,1-3H3. The molecule has 0 radical (unpaired) electrons. The zero-order valence-electron chi connectivity index (χ0n) is 9.45. The van der Waals surface area contributed by atoms with Gasteiger partial charge in [-0.05, 0) is 13.0 Å². The lowest BCUT2D eigenvalue weighted by atomic mass is 10.1. The molecule has 0 aliphatic heterocycles. The minimum Gasteiger partial charge on any atom is -0.506 e. The highest BCUT2D eigenvalue weighted by atomic mass is 35.5. The van der Waals surface area contributed by atoms with Crippen molar-refractivity contribution in [3.05, 3.63) is 16.7 Å². The van der Waals surface area contributed by atoms with Gasteiger partial charge in [-0.3, -0.25) is 0 Å². The van der Waals surface area contributed by atoms with Crippen molar-refractivity contribution in [1.29, 1.82) is 0 Å². The highest BCUT2D eigenvalue weighted by Crippen LogP contribution is 2.43. The van der Waals surface area contributed by atoms with E-state index in [1.165, 1.54) is 14.2 Å². The summed E-state index contributed by atoms with van der Waals surface area (Å²) in [5.41, 5.74) is 0.526. The molecule has 0 heterocycles. The molecule has 1 rings (SSSR count). The number of hydrogen-bond acceptors (Lipinski definition) is 4. The minimum absolute atomic E-state index is 0.0831. The highest BCUT2D eigenvalue weighted by Gasteiger charge is 2.18. The van der Waals surface area contributed by atoms with Crippen molar-refractivity contribution >= 4 is 11.6 Å². The van der Waals surface area contributed by atoms with E-state index in [2.05, 4.69) is 0 Å². The molecular weight excluding hydrogens is 232 g/mol. The monoisotopic (exact) mass is 246 g/mol. The Labute approximate surface area is 99.4 Å². The van der Waals surface area contributed by atoms with Crippen LogP contribution in [-0.4, -0.2) is 30.5 Å². The maximum atomic E-state index is 9.80. The molecule has 0 saturated carbocycles.